The highest BCUT2D eigenvalue weighted by Gasteiger charge is 2.43. The largest absolute Gasteiger partial charge is 0.356 e. The number of hydrogen-bond donors (Lipinski definition) is 1. The van der Waals surface area contributed by atoms with Gasteiger partial charge in [-0.2, -0.15) is 5.10 Å². The number of carbonyl (C=O) groups excluding carboxylic acids is 1. The molecule has 3 aromatic heterocycles. The lowest BCUT2D eigenvalue weighted by atomic mass is 10.1. The zero-order valence-corrected chi connectivity index (χ0v) is 18.4. The van der Waals surface area contributed by atoms with Gasteiger partial charge in [0.25, 0.3) is 5.91 Å². The number of amides is 1. The smallest absolute Gasteiger partial charge is 0.261 e. The number of aliphatic hydroxyl groups is 1. The zero-order chi connectivity index (χ0) is 20.4. The number of aliphatic hydroxyl groups excluding tert-OH is 1. The van der Waals surface area contributed by atoms with E-state index < -0.39 is 6.35 Å². The Hall–Kier alpha value is -2.01. The van der Waals surface area contributed by atoms with E-state index in [0.29, 0.717) is 10.0 Å². The number of hydrogen-bond acceptors (Lipinski definition) is 7. The number of fused-ring (bicyclic) bond motifs is 3. The van der Waals surface area contributed by atoms with Crippen LogP contribution in [0.15, 0.2) is 17.6 Å². The second-order valence-electron chi connectivity index (χ2n) is 7.13. The molecule has 1 N–H and O–H groups in total. The van der Waals surface area contributed by atoms with Crippen LogP contribution in [0.25, 0.3) is 11.4 Å². The van der Waals surface area contributed by atoms with Crippen molar-refractivity contribution in [2.75, 3.05) is 24.7 Å². The second kappa shape index (κ2) is 6.76. The summed E-state index contributed by atoms with van der Waals surface area (Å²) in [5.41, 5.74) is 4.67. The van der Waals surface area contributed by atoms with E-state index in [0.717, 1.165) is 40.8 Å². The Morgan fingerprint density at radius 2 is 2.07 bits per heavy atom. The lowest BCUT2D eigenvalue weighted by Crippen LogP contribution is -2.52. The molecule has 1 amide bonds. The molecule has 5 rings (SSSR count). The molecule has 5 heterocycles. The molecule has 2 aliphatic rings. The van der Waals surface area contributed by atoms with E-state index in [1.807, 2.05) is 24.7 Å². The summed E-state index contributed by atoms with van der Waals surface area (Å²) in [6.07, 6.45) is 0.831. The molecule has 0 saturated carbocycles. The highest BCUT2D eigenvalue weighted by Crippen LogP contribution is 2.51. The van der Waals surface area contributed by atoms with Crippen LogP contribution >= 0.6 is 34.7 Å². The van der Waals surface area contributed by atoms with E-state index in [1.165, 1.54) is 16.2 Å². The van der Waals surface area contributed by atoms with Gasteiger partial charge >= 0.3 is 0 Å². The van der Waals surface area contributed by atoms with E-state index in [4.69, 9.17) is 11.6 Å². The van der Waals surface area contributed by atoms with Crippen molar-refractivity contribution in [2.45, 2.75) is 18.1 Å². The fourth-order valence-corrected chi connectivity index (χ4v) is 6.19. The fourth-order valence-electron chi connectivity index (χ4n) is 4.10. The normalized spacial score (nSPS) is 21.5. The monoisotopic (exact) mass is 450 g/mol. The van der Waals surface area contributed by atoms with Gasteiger partial charge in [0.05, 0.1) is 33.6 Å². The van der Waals surface area contributed by atoms with Crippen LogP contribution in [0.5, 0.6) is 0 Å². The van der Waals surface area contributed by atoms with Gasteiger partial charge in [-0.1, -0.05) is 11.6 Å². The summed E-state index contributed by atoms with van der Waals surface area (Å²) in [4.78, 5) is 20.9. The van der Waals surface area contributed by atoms with Gasteiger partial charge in [-0.25, -0.2) is 4.98 Å². The van der Waals surface area contributed by atoms with Crippen LogP contribution in [-0.4, -0.2) is 61.4 Å². The van der Waals surface area contributed by atoms with Gasteiger partial charge in [0.1, 0.15) is 5.69 Å². The molecule has 0 bridgehead atoms. The Bertz CT molecular complexity index is 1120. The van der Waals surface area contributed by atoms with Crippen LogP contribution in [-0.2, 0) is 13.6 Å². The van der Waals surface area contributed by atoms with Crippen LogP contribution < -0.4 is 4.90 Å². The maximum Gasteiger partial charge on any atom is 0.261 e. The van der Waals surface area contributed by atoms with Crippen molar-refractivity contribution in [2.24, 2.45) is 7.05 Å². The van der Waals surface area contributed by atoms with E-state index in [9.17, 15) is 9.90 Å². The molecule has 11 heteroatoms. The number of rotatable bonds is 2. The minimum Gasteiger partial charge on any atom is -0.356 e. The minimum atomic E-state index is -1.04. The molecular weight excluding hydrogens is 432 g/mol. The van der Waals surface area contributed by atoms with Gasteiger partial charge in [-0.15, -0.1) is 23.1 Å². The Kier molecular flexibility index (Phi) is 4.43. The predicted molar refractivity (Wildman–Crippen MR) is 115 cm³/mol. The Balaban J connectivity index is 1.83. The Labute approximate surface area is 180 Å². The van der Waals surface area contributed by atoms with Crippen molar-refractivity contribution in [3.8, 4) is 11.4 Å². The number of aromatic nitrogens is 4. The van der Waals surface area contributed by atoms with Gasteiger partial charge in [0.15, 0.2) is 4.47 Å². The first-order chi connectivity index (χ1) is 13.9. The SMILES string of the molecule is CN1C(=O)c2c(c3n(c2-c2ccn(C)n2)CCSC3c2csc(Cl)n2)N(C)C1O. The fraction of sp³-hybridized carbons (Fsp3) is 0.389. The van der Waals surface area contributed by atoms with E-state index in [-0.39, 0.29) is 11.2 Å². The molecule has 0 aromatic carbocycles. The third-order valence-electron chi connectivity index (χ3n) is 5.42. The number of thioether (sulfide) groups is 1. The van der Waals surface area contributed by atoms with Crippen LogP contribution in [0.3, 0.4) is 0 Å². The third kappa shape index (κ3) is 2.73. The highest BCUT2D eigenvalue weighted by molar-refractivity contribution is 7.99. The highest BCUT2D eigenvalue weighted by atomic mass is 35.5. The molecule has 2 unspecified atom stereocenters. The van der Waals surface area contributed by atoms with E-state index in [1.54, 1.807) is 35.4 Å². The third-order valence-corrected chi connectivity index (χ3v) is 7.64. The molecule has 2 aliphatic heterocycles. The number of aryl methyl sites for hydroxylation is 1. The lowest BCUT2D eigenvalue weighted by molar-refractivity contribution is 0.0166. The van der Waals surface area contributed by atoms with Crippen LogP contribution in [0, 0.1) is 0 Å². The molecule has 2 atom stereocenters. The van der Waals surface area contributed by atoms with Gasteiger partial charge in [-0.3, -0.25) is 14.4 Å². The number of thiazole rings is 1. The second-order valence-corrected chi connectivity index (χ2v) is 9.79. The van der Waals surface area contributed by atoms with Crippen molar-refractivity contribution in [1.82, 2.24) is 24.2 Å². The van der Waals surface area contributed by atoms with Crippen molar-refractivity contribution >= 4 is 46.3 Å². The first-order valence-corrected chi connectivity index (χ1v) is 11.4. The quantitative estimate of drug-likeness (QED) is 0.646. The van der Waals surface area contributed by atoms with Gasteiger partial charge in [-0.05, 0) is 6.07 Å². The van der Waals surface area contributed by atoms with Gasteiger partial charge < -0.3 is 14.6 Å². The first kappa shape index (κ1) is 19.0. The van der Waals surface area contributed by atoms with Crippen molar-refractivity contribution in [3.63, 3.8) is 0 Å². The minimum absolute atomic E-state index is 0.0791. The summed E-state index contributed by atoms with van der Waals surface area (Å²) >= 11 is 9.28. The van der Waals surface area contributed by atoms with Crippen molar-refractivity contribution in [1.29, 1.82) is 0 Å². The zero-order valence-electron chi connectivity index (χ0n) is 16.0. The average Bonchev–Trinajstić information content (AvgIpc) is 3.41. The molecule has 0 radical (unpaired) electrons. The van der Waals surface area contributed by atoms with E-state index in [2.05, 4.69) is 14.6 Å². The molecule has 3 aromatic rings. The summed E-state index contributed by atoms with van der Waals surface area (Å²) < 4.78 is 4.39. The van der Waals surface area contributed by atoms with Crippen LogP contribution in [0.2, 0.25) is 4.47 Å². The molecule has 0 fully saturated rings. The number of anilines is 1. The first-order valence-electron chi connectivity index (χ1n) is 9.05. The summed E-state index contributed by atoms with van der Waals surface area (Å²) in [6, 6.07) is 1.91. The summed E-state index contributed by atoms with van der Waals surface area (Å²) in [6.45, 7) is 0.744. The number of nitrogens with zero attached hydrogens (tertiary/aromatic N) is 6. The maximum absolute atomic E-state index is 13.3. The lowest BCUT2D eigenvalue weighted by Gasteiger charge is -2.38. The molecule has 0 aliphatic carbocycles. The molecule has 0 spiro atoms. The van der Waals surface area contributed by atoms with Gasteiger partial charge in [0.2, 0.25) is 6.35 Å². The summed E-state index contributed by atoms with van der Waals surface area (Å²) in [5.74, 6) is 0.657. The summed E-state index contributed by atoms with van der Waals surface area (Å²) in [7, 11) is 5.27. The average molecular weight is 451 g/mol. The van der Waals surface area contributed by atoms with Gasteiger partial charge in [0, 0.05) is 45.0 Å². The predicted octanol–water partition coefficient (Wildman–Crippen LogP) is 2.63. The van der Waals surface area contributed by atoms with E-state index >= 15 is 0 Å². The number of halogens is 1. The number of carbonyl (C=O) groups is 1. The van der Waals surface area contributed by atoms with Crippen molar-refractivity contribution < 1.29 is 9.90 Å². The summed E-state index contributed by atoms with van der Waals surface area (Å²) in [5, 5.41) is 17.1. The maximum atomic E-state index is 13.3. The van der Waals surface area contributed by atoms with Crippen molar-refractivity contribution in [3.05, 3.63) is 39.1 Å². The standard InChI is InChI=1S/C18H19ClN6O2S2/c1-22-5-4-9(21-22)12-11-13(23(2)18(27)24(3)16(11)26)14-15(28-7-6-25(12)14)10-8-29-17(19)20-10/h4-5,8,15,18,27H,6-7H2,1-3H3. The Morgan fingerprint density at radius 3 is 2.72 bits per heavy atom. The Morgan fingerprint density at radius 1 is 1.28 bits per heavy atom. The van der Waals surface area contributed by atoms with Crippen LogP contribution in [0.1, 0.15) is 27.0 Å². The molecule has 152 valence electrons. The van der Waals surface area contributed by atoms with Crippen LogP contribution in [0.4, 0.5) is 5.69 Å². The molecular formula is C18H19ClN6O2S2. The molecule has 0 saturated heterocycles. The topological polar surface area (TPSA) is 79.4 Å². The molecule has 29 heavy (non-hydrogen) atoms. The molecule has 8 nitrogen and oxygen atoms in total.